The van der Waals surface area contributed by atoms with Gasteiger partial charge in [-0.15, -0.1) is 0 Å². The molecular weight excluding hydrogens is 450 g/mol. The number of anilines is 2. The van der Waals surface area contributed by atoms with Crippen molar-refractivity contribution in [3.8, 4) is 11.3 Å². The maximum Gasteiger partial charge on any atom is 0.328 e. The monoisotopic (exact) mass is 473 g/mol. The van der Waals surface area contributed by atoms with Gasteiger partial charge in [-0.05, 0) is 25.5 Å². The van der Waals surface area contributed by atoms with Gasteiger partial charge in [0.15, 0.2) is 0 Å². The molecule has 0 radical (unpaired) electrons. The summed E-state index contributed by atoms with van der Waals surface area (Å²) in [4.78, 5) is 41.3. The number of carbonyl (C=O) groups excluding carboxylic acids is 2. The minimum Gasteiger partial charge on any atom is -0.351 e. The molecule has 3 amide bonds. The molecule has 3 N–H and O–H groups in total. The van der Waals surface area contributed by atoms with Crippen LogP contribution in [0, 0.1) is 0 Å². The Morgan fingerprint density at radius 1 is 1.15 bits per heavy atom. The van der Waals surface area contributed by atoms with Gasteiger partial charge < -0.3 is 16.0 Å². The second-order valence-corrected chi connectivity index (χ2v) is 9.66. The van der Waals surface area contributed by atoms with Crippen molar-refractivity contribution in [2.24, 2.45) is 0 Å². The number of aromatic nitrogens is 3. The van der Waals surface area contributed by atoms with Gasteiger partial charge in [0.05, 0.1) is 17.4 Å². The maximum atomic E-state index is 13.3. The van der Waals surface area contributed by atoms with Gasteiger partial charge in [-0.25, -0.2) is 24.6 Å². The molecule has 172 valence electrons. The van der Waals surface area contributed by atoms with E-state index in [1.807, 2.05) is 30.3 Å². The molecule has 3 atom stereocenters. The smallest absolute Gasteiger partial charge is 0.328 e. The van der Waals surface area contributed by atoms with Gasteiger partial charge in [0.25, 0.3) is 0 Å². The van der Waals surface area contributed by atoms with E-state index in [0.717, 1.165) is 47.8 Å². The van der Waals surface area contributed by atoms with Crippen molar-refractivity contribution >= 4 is 35.2 Å². The Kier molecular flexibility index (Phi) is 5.39. The molecule has 9 nitrogen and oxygen atoms in total. The van der Waals surface area contributed by atoms with Gasteiger partial charge in [-0.3, -0.25) is 4.79 Å². The third kappa shape index (κ3) is 3.68. The first-order valence-electron chi connectivity index (χ1n) is 11.3. The molecule has 0 saturated carbocycles. The highest BCUT2D eigenvalue weighted by molar-refractivity contribution is 8.01. The number of hydrogen-bond donors (Lipinski definition) is 3. The molecule has 0 bridgehead atoms. The number of carbonyl (C=O) groups is 2. The number of piperidine rings is 1. The molecule has 5 heterocycles. The van der Waals surface area contributed by atoms with E-state index in [1.54, 1.807) is 18.3 Å². The van der Waals surface area contributed by atoms with Crippen LogP contribution in [0.25, 0.3) is 11.3 Å². The zero-order valence-electron chi connectivity index (χ0n) is 18.3. The molecule has 10 heteroatoms. The zero-order valence-corrected chi connectivity index (χ0v) is 19.1. The van der Waals surface area contributed by atoms with Gasteiger partial charge in [-0.2, -0.15) is 0 Å². The molecule has 2 unspecified atom stereocenters. The highest BCUT2D eigenvalue weighted by Crippen LogP contribution is 2.50. The van der Waals surface area contributed by atoms with Gasteiger partial charge in [0.1, 0.15) is 22.4 Å². The fourth-order valence-electron chi connectivity index (χ4n) is 4.75. The number of hydrogen-bond acceptors (Lipinski definition) is 7. The van der Waals surface area contributed by atoms with Crippen molar-refractivity contribution < 1.29 is 9.59 Å². The summed E-state index contributed by atoms with van der Waals surface area (Å²) in [5.41, 5.74) is 3.21. The van der Waals surface area contributed by atoms with E-state index in [4.69, 9.17) is 0 Å². The van der Waals surface area contributed by atoms with E-state index in [-0.39, 0.29) is 18.0 Å². The van der Waals surface area contributed by atoms with Crippen LogP contribution >= 0.6 is 11.8 Å². The number of benzene rings is 1. The summed E-state index contributed by atoms with van der Waals surface area (Å²) in [6.07, 6.45) is 5.12. The number of nitrogens with zero attached hydrogens (tertiary/aromatic N) is 4. The van der Waals surface area contributed by atoms with Crippen LogP contribution in [-0.2, 0) is 4.79 Å². The summed E-state index contributed by atoms with van der Waals surface area (Å²) < 4.78 is 0. The first-order valence-corrected chi connectivity index (χ1v) is 12.2. The van der Waals surface area contributed by atoms with E-state index in [1.165, 1.54) is 23.0 Å². The van der Waals surface area contributed by atoms with Crippen molar-refractivity contribution in [3.05, 3.63) is 60.6 Å². The Bertz CT molecular complexity index is 1250. The van der Waals surface area contributed by atoms with E-state index in [9.17, 15) is 9.59 Å². The second kappa shape index (κ2) is 8.69. The Morgan fingerprint density at radius 2 is 2.03 bits per heavy atom. The van der Waals surface area contributed by atoms with Gasteiger partial charge in [0.2, 0.25) is 5.91 Å². The topological polar surface area (TPSA) is 112 Å². The van der Waals surface area contributed by atoms with Crippen molar-refractivity contribution in [2.45, 2.75) is 35.2 Å². The first-order chi connectivity index (χ1) is 16.7. The standard InChI is InChI=1S/C24H23N7O2S/c32-22(29-15-7-4-9-25-12-15)21-20-19-17(8-10-26-23(19)34-21)31(24(33)30-20)18-11-16(27-13-28-18)14-5-2-1-3-6-14/h1-3,5-6,8,10-11,13,15,20-21,25H,4,7,9,12H2,(H,29,32)(H,30,33)/t15?,20?,21-/m1/s1. The number of amides is 3. The van der Waals surface area contributed by atoms with E-state index < -0.39 is 11.3 Å². The summed E-state index contributed by atoms with van der Waals surface area (Å²) in [6, 6.07) is 12.7. The minimum atomic E-state index is -0.470. The molecule has 3 aromatic rings. The number of nitrogens with one attached hydrogen (secondary N) is 3. The summed E-state index contributed by atoms with van der Waals surface area (Å²) in [6.45, 7) is 1.74. The van der Waals surface area contributed by atoms with Crippen LogP contribution in [-0.4, -0.2) is 51.3 Å². The predicted octanol–water partition coefficient (Wildman–Crippen LogP) is 2.78. The molecular formula is C24H23N7O2S. The highest BCUT2D eigenvalue weighted by Gasteiger charge is 2.47. The quantitative estimate of drug-likeness (QED) is 0.534. The summed E-state index contributed by atoms with van der Waals surface area (Å²) in [5, 5.41) is 9.80. The Morgan fingerprint density at radius 3 is 2.85 bits per heavy atom. The van der Waals surface area contributed by atoms with Crippen LogP contribution in [0.3, 0.4) is 0 Å². The van der Waals surface area contributed by atoms with E-state index >= 15 is 0 Å². The molecule has 3 aliphatic rings. The van der Waals surface area contributed by atoms with Crippen LogP contribution in [0.4, 0.5) is 16.3 Å². The molecule has 34 heavy (non-hydrogen) atoms. The second-order valence-electron chi connectivity index (χ2n) is 8.53. The van der Waals surface area contributed by atoms with Crippen LogP contribution < -0.4 is 20.9 Å². The van der Waals surface area contributed by atoms with Crippen molar-refractivity contribution in [3.63, 3.8) is 0 Å². The van der Waals surface area contributed by atoms with Gasteiger partial charge in [-0.1, -0.05) is 42.1 Å². The maximum absolute atomic E-state index is 13.3. The van der Waals surface area contributed by atoms with Crippen LogP contribution in [0.1, 0.15) is 24.4 Å². The minimum absolute atomic E-state index is 0.0743. The predicted molar refractivity (Wildman–Crippen MR) is 129 cm³/mol. The van der Waals surface area contributed by atoms with Crippen LogP contribution in [0.2, 0.25) is 0 Å². The lowest BCUT2D eigenvalue weighted by Gasteiger charge is -2.34. The number of thioether (sulfide) groups is 1. The summed E-state index contributed by atoms with van der Waals surface area (Å²) in [7, 11) is 0. The Labute approximate surface area is 200 Å². The lowest BCUT2D eigenvalue weighted by atomic mass is 9.99. The van der Waals surface area contributed by atoms with E-state index in [2.05, 4.69) is 30.9 Å². The number of rotatable bonds is 4. The fraction of sp³-hybridized carbons (Fsp3) is 0.292. The largest absolute Gasteiger partial charge is 0.351 e. The molecule has 1 fully saturated rings. The SMILES string of the molecule is O=C(NC1CCCNC1)[C@@H]1Sc2nccc3c2C1NC(=O)N3c1cc(-c2ccccc2)ncn1. The zero-order chi connectivity index (χ0) is 23.1. The molecule has 1 aromatic carbocycles. The van der Waals surface area contributed by atoms with Crippen LogP contribution in [0.5, 0.6) is 0 Å². The third-order valence-corrected chi connectivity index (χ3v) is 7.65. The lowest BCUT2D eigenvalue weighted by molar-refractivity contribution is -0.121. The Balaban J connectivity index is 1.32. The van der Waals surface area contributed by atoms with Gasteiger partial charge >= 0.3 is 6.03 Å². The molecule has 3 aliphatic heterocycles. The van der Waals surface area contributed by atoms with Crippen molar-refractivity contribution in [2.75, 3.05) is 18.0 Å². The molecule has 1 saturated heterocycles. The van der Waals surface area contributed by atoms with Crippen LogP contribution in [0.15, 0.2) is 60.0 Å². The molecule has 6 rings (SSSR count). The van der Waals surface area contributed by atoms with E-state index in [0.29, 0.717) is 11.5 Å². The third-order valence-electron chi connectivity index (χ3n) is 6.36. The highest BCUT2D eigenvalue weighted by atomic mass is 32.2. The van der Waals surface area contributed by atoms with Crippen molar-refractivity contribution in [1.29, 1.82) is 0 Å². The normalized spacial score (nSPS) is 23.2. The fourth-order valence-corrected chi connectivity index (χ4v) is 5.98. The summed E-state index contributed by atoms with van der Waals surface area (Å²) in [5.74, 6) is 0.388. The number of urea groups is 1. The van der Waals surface area contributed by atoms with Gasteiger partial charge in [0, 0.05) is 36.0 Å². The molecule has 0 aliphatic carbocycles. The molecule has 2 aromatic heterocycles. The number of pyridine rings is 1. The molecule has 0 spiro atoms. The Hall–Kier alpha value is -3.50. The first kappa shape index (κ1) is 21.1. The average Bonchev–Trinajstić information content (AvgIpc) is 3.25. The van der Waals surface area contributed by atoms with Crippen molar-refractivity contribution in [1.82, 2.24) is 30.9 Å². The summed E-state index contributed by atoms with van der Waals surface area (Å²) >= 11 is 1.40. The lowest BCUT2D eigenvalue weighted by Crippen LogP contribution is -2.52. The average molecular weight is 474 g/mol.